The maximum absolute atomic E-state index is 14.0. The molecule has 0 atom stereocenters. The Morgan fingerprint density at radius 3 is 2.40 bits per heavy atom. The zero-order valence-electron chi connectivity index (χ0n) is 22.4. The molecule has 1 aromatic heterocycles. The third-order valence-corrected chi connectivity index (χ3v) is 7.41. The van der Waals surface area contributed by atoms with Crippen molar-refractivity contribution in [3.8, 4) is 17.3 Å². The fourth-order valence-corrected chi connectivity index (χ4v) is 5.13. The van der Waals surface area contributed by atoms with Crippen LogP contribution in [0.4, 0.5) is 14.5 Å². The van der Waals surface area contributed by atoms with Crippen molar-refractivity contribution in [2.45, 2.75) is 18.2 Å². The molecule has 0 fully saturated rings. The first kappa shape index (κ1) is 30.3. The molecule has 0 aliphatic rings. The minimum Gasteiger partial charge on any atom is -0.476 e. The highest BCUT2D eigenvalue weighted by Crippen LogP contribution is 2.35. The summed E-state index contributed by atoms with van der Waals surface area (Å²) in [6.45, 7) is 1.71. The Balaban J connectivity index is 1.78. The van der Waals surface area contributed by atoms with Crippen molar-refractivity contribution in [1.29, 1.82) is 0 Å². The maximum atomic E-state index is 14.0. The van der Waals surface area contributed by atoms with Crippen LogP contribution in [0, 0.1) is 18.6 Å². The van der Waals surface area contributed by atoms with Gasteiger partial charge in [0.2, 0.25) is 15.9 Å². The molecule has 14 heteroatoms. The smallest absolute Gasteiger partial charge is 0.356 e. The number of nitrogens with zero attached hydrogens (tertiary/aromatic N) is 2. The summed E-state index contributed by atoms with van der Waals surface area (Å²) in [6, 6.07) is 13.9. The van der Waals surface area contributed by atoms with E-state index < -0.39 is 44.1 Å². The molecule has 0 spiro atoms. The lowest BCUT2D eigenvalue weighted by Gasteiger charge is -2.16. The molecule has 3 aromatic carbocycles. The van der Waals surface area contributed by atoms with Gasteiger partial charge in [-0.25, -0.2) is 26.7 Å². The maximum Gasteiger partial charge on any atom is 0.356 e. The van der Waals surface area contributed by atoms with Gasteiger partial charge in [0, 0.05) is 37.1 Å². The molecule has 0 bridgehead atoms. The highest BCUT2D eigenvalue weighted by molar-refractivity contribution is 7.89. The number of amides is 1. The van der Waals surface area contributed by atoms with Crippen LogP contribution >= 0.6 is 0 Å². The van der Waals surface area contributed by atoms with Crippen molar-refractivity contribution >= 4 is 27.6 Å². The molecule has 0 unspecified atom stereocenters. The van der Waals surface area contributed by atoms with E-state index in [4.69, 9.17) is 9.47 Å². The van der Waals surface area contributed by atoms with Crippen LogP contribution in [0.25, 0.3) is 5.69 Å². The zero-order chi connectivity index (χ0) is 30.4. The van der Waals surface area contributed by atoms with Gasteiger partial charge >= 0.3 is 5.97 Å². The van der Waals surface area contributed by atoms with Gasteiger partial charge in [-0.15, -0.1) is 0 Å². The van der Waals surface area contributed by atoms with Crippen LogP contribution in [0.3, 0.4) is 0 Å². The van der Waals surface area contributed by atoms with Crippen LogP contribution in [0.2, 0.25) is 0 Å². The second-order valence-corrected chi connectivity index (χ2v) is 10.7. The van der Waals surface area contributed by atoms with Crippen LogP contribution in [0.1, 0.15) is 32.8 Å². The molecule has 3 N–H and O–H groups in total. The second-order valence-electron chi connectivity index (χ2n) is 8.95. The Bertz CT molecular complexity index is 1740. The van der Waals surface area contributed by atoms with Crippen LogP contribution in [0.15, 0.2) is 71.6 Å². The molecular formula is C28H26F2N4O7S. The number of aromatic nitrogens is 2. The Kier molecular flexibility index (Phi) is 9.30. The highest BCUT2D eigenvalue weighted by Gasteiger charge is 2.26. The number of carboxylic acids is 1. The van der Waals surface area contributed by atoms with E-state index in [1.807, 2.05) is 0 Å². The first-order chi connectivity index (χ1) is 20.0. The average molecular weight is 601 g/mol. The quantitative estimate of drug-likeness (QED) is 0.201. The summed E-state index contributed by atoms with van der Waals surface area (Å²) in [7, 11) is -2.80. The fraction of sp³-hybridized carbons (Fsp3) is 0.179. The van der Waals surface area contributed by atoms with Crippen molar-refractivity contribution in [2.75, 3.05) is 25.6 Å². The van der Waals surface area contributed by atoms with Crippen molar-refractivity contribution in [3.05, 3.63) is 95.2 Å². The first-order valence-electron chi connectivity index (χ1n) is 12.5. The summed E-state index contributed by atoms with van der Waals surface area (Å²) in [5.41, 5.74) is -0.160. The van der Waals surface area contributed by atoms with E-state index in [1.54, 1.807) is 0 Å². The van der Waals surface area contributed by atoms with Crippen LogP contribution in [0.5, 0.6) is 11.6 Å². The normalized spacial score (nSPS) is 11.3. The number of nitrogens with one attached hydrogen (secondary N) is 2. The molecule has 1 heterocycles. The molecule has 4 aromatic rings. The molecule has 0 saturated carbocycles. The lowest BCUT2D eigenvalue weighted by atomic mass is 10.2. The minimum atomic E-state index is -4.28. The van der Waals surface area contributed by atoms with Crippen molar-refractivity contribution in [2.24, 2.45) is 0 Å². The lowest BCUT2D eigenvalue weighted by Crippen LogP contribution is -2.26. The number of hydrogen-bond donors (Lipinski definition) is 3. The van der Waals surface area contributed by atoms with Gasteiger partial charge in [0.25, 0.3) is 5.91 Å². The van der Waals surface area contributed by atoms with Crippen LogP contribution in [-0.4, -0.2) is 55.4 Å². The summed E-state index contributed by atoms with van der Waals surface area (Å²) >= 11 is 0. The number of anilines is 1. The number of hydrogen-bond acceptors (Lipinski definition) is 7. The molecule has 0 aliphatic heterocycles. The topological polar surface area (TPSA) is 149 Å². The zero-order valence-corrected chi connectivity index (χ0v) is 23.2. The summed E-state index contributed by atoms with van der Waals surface area (Å²) < 4.78 is 68.8. The fourth-order valence-electron chi connectivity index (χ4n) is 3.90. The summed E-state index contributed by atoms with van der Waals surface area (Å²) in [5, 5.41) is 16.2. The number of benzene rings is 3. The molecule has 0 aliphatic carbocycles. The van der Waals surface area contributed by atoms with Crippen molar-refractivity contribution in [1.82, 2.24) is 14.5 Å². The van der Waals surface area contributed by atoms with Gasteiger partial charge in [-0.05, 0) is 67.9 Å². The van der Waals surface area contributed by atoms with Crippen LogP contribution in [-0.2, 0) is 14.8 Å². The summed E-state index contributed by atoms with van der Waals surface area (Å²) in [5.74, 6) is -3.73. The van der Waals surface area contributed by atoms with Gasteiger partial charge in [-0.3, -0.25) is 4.79 Å². The Morgan fingerprint density at radius 2 is 1.74 bits per heavy atom. The second kappa shape index (κ2) is 12.9. The summed E-state index contributed by atoms with van der Waals surface area (Å²) in [4.78, 5) is 24.1. The van der Waals surface area contributed by atoms with Gasteiger partial charge in [0.05, 0.1) is 5.69 Å². The number of halogens is 2. The Hall–Kier alpha value is -4.66. The molecule has 0 saturated heterocycles. The number of aromatic carboxylic acids is 1. The molecule has 1 amide bonds. The molecule has 0 radical (unpaired) electrons. The molecule has 4 rings (SSSR count). The summed E-state index contributed by atoms with van der Waals surface area (Å²) in [6.07, 6.45) is 0.356. The third-order valence-electron chi connectivity index (χ3n) is 5.93. The van der Waals surface area contributed by atoms with E-state index in [-0.39, 0.29) is 40.7 Å². The minimum absolute atomic E-state index is 0.00763. The molecular weight excluding hydrogens is 574 g/mol. The van der Waals surface area contributed by atoms with E-state index >= 15 is 0 Å². The van der Waals surface area contributed by atoms with Crippen LogP contribution < -0.4 is 14.8 Å². The predicted molar refractivity (Wildman–Crippen MR) is 148 cm³/mol. The predicted octanol–water partition coefficient (Wildman–Crippen LogP) is 4.52. The van der Waals surface area contributed by atoms with E-state index in [0.717, 1.165) is 22.9 Å². The van der Waals surface area contributed by atoms with Crippen molar-refractivity contribution in [3.63, 3.8) is 0 Å². The van der Waals surface area contributed by atoms with E-state index in [9.17, 15) is 31.9 Å². The highest BCUT2D eigenvalue weighted by atomic mass is 32.2. The van der Waals surface area contributed by atoms with E-state index in [0.29, 0.717) is 13.0 Å². The molecule has 220 valence electrons. The van der Waals surface area contributed by atoms with Gasteiger partial charge in [0.1, 0.15) is 22.3 Å². The number of carboxylic acid groups (broad SMARTS) is 1. The SMILES string of the molecule is COCCCNS(=O)(=O)c1cc(NC(=O)c2cccc(F)c2)ccc1Oc1c(C)c(C(=O)O)nn1-c1cccc(F)c1. The lowest BCUT2D eigenvalue weighted by molar-refractivity contribution is 0.0689. The average Bonchev–Trinajstić information content (AvgIpc) is 3.28. The number of rotatable bonds is 12. The molecule has 42 heavy (non-hydrogen) atoms. The Labute approximate surface area is 239 Å². The largest absolute Gasteiger partial charge is 0.476 e. The number of ether oxygens (including phenoxy) is 2. The number of carbonyl (C=O) groups is 2. The first-order valence-corrected chi connectivity index (χ1v) is 13.9. The number of sulfonamides is 1. The third kappa shape index (κ3) is 6.97. The van der Waals surface area contributed by atoms with Gasteiger partial charge < -0.3 is 19.9 Å². The van der Waals surface area contributed by atoms with E-state index in [1.165, 1.54) is 62.6 Å². The molecule has 11 nitrogen and oxygen atoms in total. The van der Waals surface area contributed by atoms with Gasteiger partial charge in [0.15, 0.2) is 5.69 Å². The van der Waals surface area contributed by atoms with E-state index in [2.05, 4.69) is 15.1 Å². The Morgan fingerprint density at radius 1 is 1.02 bits per heavy atom. The van der Waals surface area contributed by atoms with Crippen molar-refractivity contribution < 1.29 is 41.4 Å². The standard InChI is InChI=1S/C28H26F2N4O7S/c1-17-25(28(36)37)33-34(22-9-4-8-20(30)15-22)27(17)41-23-11-10-21(32-26(35)18-6-3-7-19(29)14-18)16-24(23)42(38,39)31-12-5-13-40-2/h3-4,6-11,14-16,31H,5,12-13H2,1-2H3,(H,32,35)(H,36,37). The monoisotopic (exact) mass is 600 g/mol. The van der Waals surface area contributed by atoms with Gasteiger partial charge in [-0.1, -0.05) is 12.1 Å². The number of methoxy groups -OCH3 is 1. The number of carbonyl (C=O) groups excluding carboxylic acids is 1. The van der Waals surface area contributed by atoms with Gasteiger partial charge in [-0.2, -0.15) is 9.78 Å².